The van der Waals surface area contributed by atoms with Crippen LogP contribution in [0, 0.1) is 0 Å². The van der Waals surface area contributed by atoms with Gasteiger partial charge in [0.2, 0.25) is 0 Å². The number of unbranched alkanes of at least 4 members (excludes halogenated alkanes) is 9. The maximum Gasteiger partial charge on any atom is 0.564 e. The average molecular weight is 305 g/mol. The Hall–Kier alpha value is -0.905. The van der Waals surface area contributed by atoms with E-state index in [1.807, 2.05) is 12.1 Å². The molecular formula is C17H28BNO3. The molecule has 122 valence electrons. The van der Waals surface area contributed by atoms with Crippen LogP contribution in [-0.2, 0) is 21.1 Å². The van der Waals surface area contributed by atoms with Gasteiger partial charge in [-0.1, -0.05) is 75.8 Å². The van der Waals surface area contributed by atoms with Crippen molar-refractivity contribution in [2.75, 3.05) is 0 Å². The molecule has 22 heavy (non-hydrogen) atoms. The zero-order valence-electron chi connectivity index (χ0n) is 13.8. The van der Waals surface area contributed by atoms with E-state index in [1.165, 1.54) is 64.2 Å². The van der Waals surface area contributed by atoms with E-state index in [2.05, 4.69) is 16.9 Å². The van der Waals surface area contributed by atoms with E-state index < -0.39 is 7.12 Å². The maximum atomic E-state index is 4.76. The Bertz CT molecular complexity index is 395. The van der Waals surface area contributed by atoms with Crippen LogP contribution >= 0.6 is 0 Å². The first-order valence-electron chi connectivity index (χ1n) is 8.84. The zero-order chi connectivity index (χ0) is 15.5. The topological polar surface area (TPSA) is 40.6 Å². The second-order valence-electron chi connectivity index (χ2n) is 6.11. The van der Waals surface area contributed by atoms with E-state index in [1.54, 1.807) is 6.20 Å². The van der Waals surface area contributed by atoms with E-state index in [0.717, 1.165) is 17.6 Å². The number of pyridine rings is 1. The van der Waals surface area contributed by atoms with Crippen molar-refractivity contribution in [3.05, 3.63) is 24.0 Å². The molecule has 0 aliphatic carbocycles. The van der Waals surface area contributed by atoms with Crippen molar-refractivity contribution in [2.45, 2.75) is 77.6 Å². The minimum Gasteiger partial charge on any atom is -0.262 e. The molecule has 1 fully saturated rings. The predicted molar refractivity (Wildman–Crippen MR) is 88.4 cm³/mol. The molecule has 0 bridgehead atoms. The van der Waals surface area contributed by atoms with Crippen molar-refractivity contribution < 1.29 is 14.6 Å². The largest absolute Gasteiger partial charge is 0.564 e. The molecular weight excluding hydrogens is 277 g/mol. The number of aromatic nitrogens is 1. The van der Waals surface area contributed by atoms with Crippen LogP contribution in [0.5, 0.6) is 0 Å². The van der Waals surface area contributed by atoms with Crippen molar-refractivity contribution in [3.63, 3.8) is 0 Å². The highest BCUT2D eigenvalue weighted by molar-refractivity contribution is 6.61. The van der Waals surface area contributed by atoms with Crippen LogP contribution in [-0.4, -0.2) is 12.1 Å². The highest BCUT2D eigenvalue weighted by Crippen LogP contribution is 2.12. The van der Waals surface area contributed by atoms with Crippen LogP contribution in [0.3, 0.4) is 0 Å². The van der Waals surface area contributed by atoms with Crippen molar-refractivity contribution in [1.29, 1.82) is 0 Å². The normalized spacial score (nSPS) is 14.1. The van der Waals surface area contributed by atoms with Crippen LogP contribution in [0.2, 0.25) is 0 Å². The third-order valence-electron chi connectivity index (χ3n) is 4.16. The lowest BCUT2D eigenvalue weighted by molar-refractivity contribution is -0.504. The van der Waals surface area contributed by atoms with Crippen molar-refractivity contribution >= 4 is 12.6 Å². The summed E-state index contributed by atoms with van der Waals surface area (Å²) in [5.41, 5.74) is 2.04. The molecule has 1 aromatic heterocycles. The van der Waals surface area contributed by atoms with Crippen LogP contribution in [0.25, 0.3) is 0 Å². The molecule has 0 saturated carbocycles. The summed E-state index contributed by atoms with van der Waals surface area (Å²) in [6.07, 6.45) is 16.5. The summed E-state index contributed by atoms with van der Waals surface area (Å²) in [6, 6.07) is 4.04. The Balaban J connectivity index is 1.45. The van der Waals surface area contributed by atoms with Gasteiger partial charge in [0.05, 0.1) is 0 Å². The number of rotatable bonds is 12. The van der Waals surface area contributed by atoms with Crippen molar-refractivity contribution in [1.82, 2.24) is 4.98 Å². The molecule has 1 saturated heterocycles. The number of nitrogens with zero attached hydrogens (tertiary/aromatic N) is 1. The molecule has 5 heteroatoms. The fourth-order valence-electron chi connectivity index (χ4n) is 2.71. The Morgan fingerprint density at radius 3 is 2.00 bits per heavy atom. The van der Waals surface area contributed by atoms with Gasteiger partial charge >= 0.3 is 7.12 Å². The second-order valence-corrected chi connectivity index (χ2v) is 6.11. The average Bonchev–Trinajstić information content (AvgIpc) is 2.49. The van der Waals surface area contributed by atoms with Gasteiger partial charge in [0, 0.05) is 17.4 Å². The van der Waals surface area contributed by atoms with Crippen LogP contribution in [0.1, 0.15) is 76.8 Å². The molecule has 0 aromatic carbocycles. The lowest BCUT2D eigenvalue weighted by atomic mass is 9.80. The molecule has 1 aliphatic rings. The third kappa shape index (κ3) is 6.47. The quantitative estimate of drug-likeness (QED) is 0.331. The highest BCUT2D eigenvalue weighted by Gasteiger charge is 2.33. The summed E-state index contributed by atoms with van der Waals surface area (Å²) in [6.45, 7) is 2.27. The van der Waals surface area contributed by atoms with Crippen LogP contribution in [0.4, 0.5) is 0 Å². The lowest BCUT2D eigenvalue weighted by Crippen LogP contribution is -2.45. The second kappa shape index (κ2) is 10.8. The Morgan fingerprint density at radius 1 is 0.864 bits per heavy atom. The summed E-state index contributed by atoms with van der Waals surface area (Å²) < 4.78 is 0. The molecule has 1 aromatic rings. The van der Waals surface area contributed by atoms with E-state index in [-0.39, 0.29) is 0 Å². The summed E-state index contributed by atoms with van der Waals surface area (Å²) in [5, 5.41) is 4.23. The van der Waals surface area contributed by atoms with Crippen molar-refractivity contribution in [2.24, 2.45) is 0 Å². The summed E-state index contributed by atoms with van der Waals surface area (Å²) in [5.74, 6) is 0. The number of hydrogen-bond donors (Lipinski definition) is 0. The molecule has 0 radical (unpaired) electrons. The summed E-state index contributed by atoms with van der Waals surface area (Å²) >= 11 is 0. The standard InChI is InChI=1S/C17H28BNO3/c1-2-3-4-5-6-7-8-9-10-11-12-17-14-13-16(15-19-17)18-20-22-21-18/h13-15H,2-12H2,1H3. The first-order chi connectivity index (χ1) is 10.9. The summed E-state index contributed by atoms with van der Waals surface area (Å²) in [4.78, 5) is 14.0. The third-order valence-corrected chi connectivity index (χ3v) is 4.16. The van der Waals surface area contributed by atoms with E-state index in [0.29, 0.717) is 0 Å². The Morgan fingerprint density at radius 2 is 1.50 bits per heavy atom. The minimum atomic E-state index is -0.404. The molecule has 2 rings (SSSR count). The smallest absolute Gasteiger partial charge is 0.262 e. The fraction of sp³-hybridized carbons (Fsp3) is 0.706. The maximum absolute atomic E-state index is 4.76. The van der Waals surface area contributed by atoms with Gasteiger partial charge in [0.1, 0.15) is 0 Å². The predicted octanol–water partition coefficient (Wildman–Crippen LogP) is 4.13. The van der Waals surface area contributed by atoms with Gasteiger partial charge in [-0.3, -0.25) is 4.98 Å². The first-order valence-corrected chi connectivity index (χ1v) is 8.84. The van der Waals surface area contributed by atoms with Gasteiger partial charge in [-0.15, -0.1) is 0 Å². The van der Waals surface area contributed by atoms with Gasteiger partial charge in [0.15, 0.2) is 0 Å². The van der Waals surface area contributed by atoms with E-state index >= 15 is 0 Å². The van der Waals surface area contributed by atoms with Gasteiger partial charge in [-0.25, -0.2) is 9.61 Å². The number of hydrogen-bond acceptors (Lipinski definition) is 4. The molecule has 2 heterocycles. The Labute approximate surface area is 134 Å². The van der Waals surface area contributed by atoms with Gasteiger partial charge in [-0.2, -0.15) is 0 Å². The molecule has 0 amide bonds. The molecule has 4 nitrogen and oxygen atoms in total. The fourth-order valence-corrected chi connectivity index (χ4v) is 2.71. The molecule has 0 N–H and O–H groups in total. The van der Waals surface area contributed by atoms with Gasteiger partial charge in [-0.05, 0) is 18.9 Å². The van der Waals surface area contributed by atoms with E-state index in [9.17, 15) is 0 Å². The van der Waals surface area contributed by atoms with Crippen LogP contribution < -0.4 is 5.46 Å². The SMILES string of the molecule is CCCCCCCCCCCCc1ccc(B2OOO2)cn1. The molecule has 0 spiro atoms. The minimum absolute atomic E-state index is 0.404. The highest BCUT2D eigenvalue weighted by atomic mass is 17.6. The Kier molecular flexibility index (Phi) is 8.53. The molecule has 0 atom stereocenters. The molecule has 1 aliphatic heterocycles. The van der Waals surface area contributed by atoms with Gasteiger partial charge < -0.3 is 0 Å². The molecule has 0 unspecified atom stereocenters. The summed E-state index contributed by atoms with van der Waals surface area (Å²) in [7, 11) is -0.404. The monoisotopic (exact) mass is 305 g/mol. The van der Waals surface area contributed by atoms with Crippen LogP contribution in [0.15, 0.2) is 18.3 Å². The van der Waals surface area contributed by atoms with E-state index in [4.69, 9.17) is 9.61 Å². The first kappa shape index (κ1) is 17.4. The zero-order valence-corrected chi connectivity index (χ0v) is 13.8. The number of aryl methyl sites for hydroxylation is 1. The van der Waals surface area contributed by atoms with Gasteiger partial charge in [0.25, 0.3) is 0 Å². The lowest BCUT2D eigenvalue weighted by Gasteiger charge is -2.18. The van der Waals surface area contributed by atoms with Crippen molar-refractivity contribution in [3.8, 4) is 0 Å².